The van der Waals surface area contributed by atoms with Crippen LogP contribution in [0.5, 0.6) is 0 Å². The Morgan fingerprint density at radius 2 is 2.33 bits per heavy atom. The monoisotopic (exact) mass is 308 g/mol. The molecule has 6 nitrogen and oxygen atoms in total. The second kappa shape index (κ2) is 6.01. The third-order valence-electron chi connectivity index (χ3n) is 3.55. The van der Waals surface area contributed by atoms with Gasteiger partial charge in [-0.05, 0) is 24.7 Å². The molecule has 3 rings (SSSR count). The highest BCUT2D eigenvalue weighted by molar-refractivity contribution is 6.33. The van der Waals surface area contributed by atoms with Crippen LogP contribution in [0.4, 0.5) is 5.69 Å². The van der Waals surface area contributed by atoms with E-state index in [-0.39, 0.29) is 6.10 Å². The Hall–Kier alpha value is -1.63. The summed E-state index contributed by atoms with van der Waals surface area (Å²) in [7, 11) is 0. The number of rotatable bonds is 3. The van der Waals surface area contributed by atoms with Crippen molar-refractivity contribution in [2.45, 2.75) is 13.0 Å². The third kappa shape index (κ3) is 3.02. The molecule has 0 saturated carbocycles. The predicted molar refractivity (Wildman–Crippen MR) is 80.0 cm³/mol. The fourth-order valence-corrected chi connectivity index (χ4v) is 2.60. The molecule has 0 amide bonds. The fraction of sp³-hybridized carbons (Fsp3) is 0.429. The minimum atomic E-state index is -0.163. The third-order valence-corrected chi connectivity index (χ3v) is 3.86. The summed E-state index contributed by atoms with van der Waals surface area (Å²) in [5.41, 5.74) is 6.95. The van der Waals surface area contributed by atoms with Crippen molar-refractivity contribution in [3.63, 3.8) is 0 Å². The molecule has 0 bridgehead atoms. The topological polar surface area (TPSA) is 77.4 Å². The second-order valence-corrected chi connectivity index (χ2v) is 5.36. The van der Waals surface area contributed by atoms with E-state index in [2.05, 4.69) is 22.0 Å². The van der Waals surface area contributed by atoms with Crippen molar-refractivity contribution in [1.29, 1.82) is 0 Å². The van der Waals surface area contributed by atoms with Gasteiger partial charge in [0.1, 0.15) is 6.10 Å². The van der Waals surface area contributed by atoms with Gasteiger partial charge in [0.15, 0.2) is 0 Å². The van der Waals surface area contributed by atoms with E-state index in [1.165, 1.54) is 0 Å². The number of nitrogen functional groups attached to an aromatic ring is 1. The van der Waals surface area contributed by atoms with Crippen LogP contribution >= 0.6 is 11.6 Å². The average Bonchev–Trinajstić information content (AvgIpc) is 2.97. The molecule has 0 radical (unpaired) electrons. The highest BCUT2D eigenvalue weighted by Crippen LogP contribution is 2.30. The molecule has 1 aromatic heterocycles. The van der Waals surface area contributed by atoms with Crippen molar-refractivity contribution in [1.82, 2.24) is 15.0 Å². The number of hydrogen-bond acceptors (Lipinski definition) is 6. The van der Waals surface area contributed by atoms with Crippen LogP contribution in [0, 0.1) is 0 Å². The van der Waals surface area contributed by atoms with E-state index < -0.39 is 0 Å². The van der Waals surface area contributed by atoms with Crippen molar-refractivity contribution in [3.8, 4) is 11.5 Å². The van der Waals surface area contributed by atoms with Crippen LogP contribution in [-0.4, -0.2) is 41.3 Å². The summed E-state index contributed by atoms with van der Waals surface area (Å²) >= 11 is 6.16. The number of aromatic nitrogens is 2. The van der Waals surface area contributed by atoms with E-state index in [4.69, 9.17) is 26.6 Å². The first kappa shape index (κ1) is 14.3. The number of nitrogens with two attached hydrogens (primary N) is 1. The Kier molecular flexibility index (Phi) is 4.10. The van der Waals surface area contributed by atoms with E-state index >= 15 is 0 Å². The summed E-state index contributed by atoms with van der Waals surface area (Å²) in [5.74, 6) is 0.934. The maximum atomic E-state index is 6.16. The van der Waals surface area contributed by atoms with Crippen LogP contribution in [0.25, 0.3) is 11.5 Å². The standard InChI is InChI=1S/C14H17ClN4O2/c1-2-19-5-6-20-12(8-19)13-17-14(21-18-13)10-4-3-9(16)7-11(10)15/h3-4,7,12H,2,5-6,8,16H2,1H3. The van der Waals surface area contributed by atoms with Crippen LogP contribution in [-0.2, 0) is 4.74 Å². The lowest BCUT2D eigenvalue weighted by atomic mass is 10.2. The van der Waals surface area contributed by atoms with Gasteiger partial charge in [0.05, 0.1) is 17.2 Å². The van der Waals surface area contributed by atoms with Gasteiger partial charge in [-0.3, -0.25) is 4.90 Å². The molecule has 1 atom stereocenters. The Labute approximate surface area is 127 Å². The zero-order chi connectivity index (χ0) is 14.8. The van der Waals surface area contributed by atoms with Gasteiger partial charge in [-0.25, -0.2) is 0 Å². The minimum Gasteiger partial charge on any atom is -0.399 e. The van der Waals surface area contributed by atoms with Gasteiger partial charge in [-0.2, -0.15) is 4.98 Å². The van der Waals surface area contributed by atoms with E-state index in [1.54, 1.807) is 18.2 Å². The van der Waals surface area contributed by atoms with E-state index in [9.17, 15) is 0 Å². The van der Waals surface area contributed by atoms with Crippen LogP contribution in [0.1, 0.15) is 18.9 Å². The van der Waals surface area contributed by atoms with Gasteiger partial charge >= 0.3 is 0 Å². The zero-order valence-electron chi connectivity index (χ0n) is 11.8. The lowest BCUT2D eigenvalue weighted by Crippen LogP contribution is -2.38. The summed E-state index contributed by atoms with van der Waals surface area (Å²) in [6.07, 6.45) is -0.163. The Morgan fingerprint density at radius 1 is 1.48 bits per heavy atom. The Balaban J connectivity index is 1.83. The Bertz CT molecular complexity index is 631. The van der Waals surface area contributed by atoms with E-state index in [0.717, 1.165) is 19.6 Å². The minimum absolute atomic E-state index is 0.163. The number of likely N-dealkylation sites (N-methyl/N-ethyl adjacent to an activating group) is 1. The number of hydrogen-bond donors (Lipinski definition) is 1. The normalized spacial score (nSPS) is 19.8. The van der Waals surface area contributed by atoms with Gasteiger partial charge < -0.3 is 15.0 Å². The average molecular weight is 309 g/mol. The molecule has 1 aromatic carbocycles. The first-order valence-corrected chi connectivity index (χ1v) is 7.28. The number of ether oxygens (including phenoxy) is 1. The molecular weight excluding hydrogens is 292 g/mol. The molecule has 0 spiro atoms. The van der Waals surface area contributed by atoms with Crippen LogP contribution < -0.4 is 5.73 Å². The lowest BCUT2D eigenvalue weighted by Gasteiger charge is -2.30. The van der Waals surface area contributed by atoms with Gasteiger partial charge in [0.2, 0.25) is 5.82 Å². The van der Waals surface area contributed by atoms with Crippen LogP contribution in [0.2, 0.25) is 5.02 Å². The molecule has 1 fully saturated rings. The molecule has 2 aromatic rings. The quantitative estimate of drug-likeness (QED) is 0.877. The summed E-state index contributed by atoms with van der Waals surface area (Å²) in [6, 6.07) is 5.19. The second-order valence-electron chi connectivity index (χ2n) is 4.95. The number of benzene rings is 1. The molecule has 0 aliphatic carbocycles. The highest BCUT2D eigenvalue weighted by Gasteiger charge is 2.26. The first-order chi connectivity index (χ1) is 10.2. The summed E-state index contributed by atoms with van der Waals surface area (Å²) in [5, 5.41) is 4.51. The van der Waals surface area contributed by atoms with E-state index in [1.807, 2.05) is 0 Å². The maximum Gasteiger partial charge on any atom is 0.259 e. The maximum absolute atomic E-state index is 6.16. The smallest absolute Gasteiger partial charge is 0.259 e. The van der Waals surface area contributed by atoms with Crippen molar-refractivity contribution >= 4 is 17.3 Å². The molecule has 2 heterocycles. The molecule has 21 heavy (non-hydrogen) atoms. The summed E-state index contributed by atoms with van der Waals surface area (Å²) < 4.78 is 11.0. The fourth-order valence-electron chi connectivity index (χ4n) is 2.33. The number of halogens is 1. The molecule has 2 N–H and O–H groups in total. The van der Waals surface area contributed by atoms with Crippen molar-refractivity contribution in [2.75, 3.05) is 32.0 Å². The predicted octanol–water partition coefficient (Wildman–Crippen LogP) is 2.37. The summed E-state index contributed by atoms with van der Waals surface area (Å²) in [4.78, 5) is 6.70. The Morgan fingerprint density at radius 3 is 3.10 bits per heavy atom. The molecule has 112 valence electrons. The number of anilines is 1. The molecule has 1 aliphatic heterocycles. The molecule has 1 saturated heterocycles. The zero-order valence-corrected chi connectivity index (χ0v) is 12.5. The first-order valence-electron chi connectivity index (χ1n) is 6.90. The molecule has 1 aliphatic rings. The van der Waals surface area contributed by atoms with Crippen LogP contribution in [0.3, 0.4) is 0 Å². The molecular formula is C14H17ClN4O2. The van der Waals surface area contributed by atoms with Gasteiger partial charge in [0.25, 0.3) is 5.89 Å². The van der Waals surface area contributed by atoms with Crippen LogP contribution in [0.15, 0.2) is 22.7 Å². The van der Waals surface area contributed by atoms with Crippen molar-refractivity contribution < 1.29 is 9.26 Å². The van der Waals surface area contributed by atoms with E-state index in [0.29, 0.717) is 34.6 Å². The van der Waals surface area contributed by atoms with Crippen molar-refractivity contribution in [3.05, 3.63) is 29.0 Å². The highest BCUT2D eigenvalue weighted by atomic mass is 35.5. The largest absolute Gasteiger partial charge is 0.399 e. The molecule has 1 unspecified atom stereocenters. The van der Waals surface area contributed by atoms with Gasteiger partial charge in [-0.1, -0.05) is 23.7 Å². The van der Waals surface area contributed by atoms with Crippen molar-refractivity contribution in [2.24, 2.45) is 0 Å². The number of morpholine rings is 1. The summed E-state index contributed by atoms with van der Waals surface area (Å²) in [6.45, 7) is 5.48. The van der Waals surface area contributed by atoms with Gasteiger partial charge in [0, 0.05) is 18.8 Å². The van der Waals surface area contributed by atoms with Gasteiger partial charge in [-0.15, -0.1) is 0 Å². The SMILES string of the molecule is CCN1CCOC(c2noc(-c3ccc(N)cc3Cl)n2)C1. The number of nitrogens with zero attached hydrogens (tertiary/aromatic N) is 3. The molecule has 7 heteroatoms. The lowest BCUT2D eigenvalue weighted by molar-refractivity contribution is -0.0334.